The summed E-state index contributed by atoms with van der Waals surface area (Å²) < 4.78 is 6.07. The minimum Gasteiger partial charge on any atom is -0.453 e. The van der Waals surface area contributed by atoms with E-state index in [2.05, 4.69) is 0 Å². The van der Waals surface area contributed by atoms with Gasteiger partial charge in [-0.1, -0.05) is 121 Å². The van der Waals surface area contributed by atoms with Gasteiger partial charge >= 0.3 is 5.97 Å². The molecule has 0 unspecified atom stereocenters. The van der Waals surface area contributed by atoms with Crippen LogP contribution in [0.4, 0.5) is 0 Å². The lowest BCUT2D eigenvalue weighted by Crippen LogP contribution is -2.24. The van der Waals surface area contributed by atoms with Crippen LogP contribution in [0.2, 0.25) is 0 Å². The maximum atomic E-state index is 13.0. The molecule has 0 spiro atoms. The monoisotopic (exact) mass is 434 g/mol. The van der Waals surface area contributed by atoms with Crippen LogP contribution in [0.1, 0.15) is 39.3 Å². The van der Waals surface area contributed by atoms with Crippen molar-refractivity contribution in [1.82, 2.24) is 0 Å². The van der Waals surface area contributed by atoms with E-state index in [1.54, 1.807) is 24.3 Å². The number of ether oxygens (including phenoxy) is 1. The molecule has 33 heavy (non-hydrogen) atoms. The van der Waals surface area contributed by atoms with E-state index in [-0.39, 0.29) is 0 Å². The summed E-state index contributed by atoms with van der Waals surface area (Å²) in [5.74, 6) is -0.939. The summed E-state index contributed by atoms with van der Waals surface area (Å²) in [6.45, 7) is 0. The van der Waals surface area contributed by atoms with Crippen LogP contribution in [0.15, 0.2) is 127 Å². The zero-order valence-electron chi connectivity index (χ0n) is 18.2. The molecule has 4 aromatic carbocycles. The second kappa shape index (κ2) is 11.1. The van der Waals surface area contributed by atoms with Gasteiger partial charge in [-0.2, -0.15) is 0 Å². The molecule has 4 rings (SSSR count). The average molecular weight is 435 g/mol. The number of aliphatic hydroxyl groups excluding tert-OH is 1. The van der Waals surface area contributed by atoms with Crippen molar-refractivity contribution < 1.29 is 14.6 Å². The number of hydrogen-bond acceptors (Lipinski definition) is 3. The standard InChI is InChI=1S/C30H26O3/c31-28(24-15-7-2-8-16-24)27(22-21-23-13-5-1-6-14-23)29(25-17-9-3-10-18-25)33-30(32)26-19-11-4-12-20-26/h1-22,27-29,31H/b22-21+/t27-,28-,29-/m1/s1. The van der Waals surface area contributed by atoms with E-state index in [0.29, 0.717) is 5.56 Å². The van der Waals surface area contributed by atoms with Crippen LogP contribution < -0.4 is 0 Å². The molecule has 1 N–H and O–H groups in total. The SMILES string of the molecule is O=C(O[C@H](c1ccccc1)[C@H](/C=C/c1ccccc1)[C@H](O)c1ccccc1)c1ccccc1. The van der Waals surface area contributed by atoms with E-state index < -0.39 is 24.1 Å². The minimum absolute atomic E-state index is 0.428. The summed E-state index contributed by atoms with van der Waals surface area (Å²) in [4.78, 5) is 13.0. The molecule has 4 aromatic rings. The van der Waals surface area contributed by atoms with E-state index in [9.17, 15) is 9.90 Å². The summed E-state index contributed by atoms with van der Waals surface area (Å²) in [5.41, 5.74) is 3.05. The Morgan fingerprint density at radius 3 is 1.73 bits per heavy atom. The van der Waals surface area contributed by atoms with Crippen LogP contribution in [0.3, 0.4) is 0 Å². The third kappa shape index (κ3) is 5.85. The molecule has 0 fully saturated rings. The van der Waals surface area contributed by atoms with Crippen molar-refractivity contribution in [1.29, 1.82) is 0 Å². The molecule has 0 aliphatic carbocycles. The highest BCUT2D eigenvalue weighted by Gasteiger charge is 2.32. The summed E-state index contributed by atoms with van der Waals surface area (Å²) in [5, 5.41) is 11.4. The molecule has 0 aliphatic rings. The number of benzene rings is 4. The first kappa shape index (κ1) is 22.3. The molecule has 0 amide bonds. The lowest BCUT2D eigenvalue weighted by Gasteiger charge is -2.29. The van der Waals surface area contributed by atoms with Gasteiger partial charge in [-0.3, -0.25) is 0 Å². The summed E-state index contributed by atoms with van der Waals surface area (Å²) in [7, 11) is 0. The van der Waals surface area contributed by atoms with Crippen LogP contribution in [-0.2, 0) is 4.74 Å². The number of hydrogen-bond donors (Lipinski definition) is 1. The fourth-order valence-corrected chi connectivity index (χ4v) is 3.80. The quantitative estimate of drug-likeness (QED) is 0.316. The molecule has 0 bridgehead atoms. The first-order valence-electron chi connectivity index (χ1n) is 11.0. The van der Waals surface area contributed by atoms with Gasteiger partial charge in [-0.05, 0) is 28.8 Å². The van der Waals surface area contributed by atoms with E-state index in [1.165, 1.54) is 0 Å². The van der Waals surface area contributed by atoms with Crippen molar-refractivity contribution in [3.05, 3.63) is 150 Å². The van der Waals surface area contributed by atoms with E-state index in [4.69, 9.17) is 4.74 Å². The zero-order chi connectivity index (χ0) is 22.9. The van der Waals surface area contributed by atoms with Crippen molar-refractivity contribution in [2.75, 3.05) is 0 Å². The predicted molar refractivity (Wildman–Crippen MR) is 131 cm³/mol. The van der Waals surface area contributed by atoms with Gasteiger partial charge in [-0.15, -0.1) is 0 Å². The highest BCUT2D eigenvalue weighted by atomic mass is 16.5. The maximum absolute atomic E-state index is 13.0. The number of carbonyl (C=O) groups is 1. The molecule has 3 heteroatoms. The molecular formula is C30H26O3. The zero-order valence-corrected chi connectivity index (χ0v) is 18.2. The summed E-state index contributed by atoms with van der Waals surface area (Å²) in [6.07, 6.45) is 2.33. The molecular weight excluding hydrogens is 408 g/mol. The third-order valence-electron chi connectivity index (χ3n) is 5.54. The Bertz CT molecular complexity index is 1160. The van der Waals surface area contributed by atoms with Gasteiger partial charge in [-0.25, -0.2) is 4.79 Å². The Morgan fingerprint density at radius 1 is 0.667 bits per heavy atom. The van der Waals surface area contributed by atoms with E-state index >= 15 is 0 Å². The predicted octanol–water partition coefficient (Wildman–Crippen LogP) is 6.65. The molecule has 0 heterocycles. The van der Waals surface area contributed by atoms with Gasteiger partial charge in [0.05, 0.1) is 11.7 Å². The van der Waals surface area contributed by atoms with Crippen LogP contribution in [0.5, 0.6) is 0 Å². The van der Waals surface area contributed by atoms with Gasteiger partial charge in [0.1, 0.15) is 6.10 Å². The first-order valence-corrected chi connectivity index (χ1v) is 11.0. The minimum atomic E-state index is -0.875. The molecule has 3 nitrogen and oxygen atoms in total. The summed E-state index contributed by atoms with van der Waals surface area (Å²) in [6, 6.07) is 37.8. The van der Waals surface area contributed by atoms with Gasteiger partial charge in [0.2, 0.25) is 0 Å². The Balaban J connectivity index is 1.74. The number of carbonyl (C=O) groups excluding carboxylic acids is 1. The molecule has 0 saturated carbocycles. The van der Waals surface area contributed by atoms with Crippen molar-refractivity contribution in [3.8, 4) is 0 Å². The van der Waals surface area contributed by atoms with Crippen molar-refractivity contribution in [2.24, 2.45) is 5.92 Å². The Labute approximate surface area is 194 Å². The van der Waals surface area contributed by atoms with E-state index in [1.807, 2.05) is 109 Å². The van der Waals surface area contributed by atoms with Crippen molar-refractivity contribution in [3.63, 3.8) is 0 Å². The highest BCUT2D eigenvalue weighted by molar-refractivity contribution is 5.89. The van der Waals surface area contributed by atoms with Crippen molar-refractivity contribution in [2.45, 2.75) is 12.2 Å². The largest absolute Gasteiger partial charge is 0.453 e. The third-order valence-corrected chi connectivity index (χ3v) is 5.54. The Kier molecular flexibility index (Phi) is 7.47. The topological polar surface area (TPSA) is 46.5 Å². The lowest BCUT2D eigenvalue weighted by molar-refractivity contribution is -0.00675. The molecule has 164 valence electrons. The second-order valence-corrected chi connectivity index (χ2v) is 7.81. The fraction of sp³-hybridized carbons (Fsp3) is 0.100. The smallest absolute Gasteiger partial charge is 0.338 e. The summed E-state index contributed by atoms with van der Waals surface area (Å²) >= 11 is 0. The fourth-order valence-electron chi connectivity index (χ4n) is 3.80. The number of aliphatic hydroxyl groups is 1. The molecule has 0 aliphatic heterocycles. The van der Waals surface area contributed by atoms with Crippen LogP contribution in [0.25, 0.3) is 6.08 Å². The Hall–Kier alpha value is -3.95. The normalized spacial score (nSPS) is 13.8. The van der Waals surface area contributed by atoms with Gasteiger partial charge < -0.3 is 9.84 Å². The van der Waals surface area contributed by atoms with Gasteiger partial charge in [0, 0.05) is 5.92 Å². The molecule has 3 atom stereocenters. The maximum Gasteiger partial charge on any atom is 0.338 e. The molecule has 0 saturated heterocycles. The number of esters is 1. The van der Waals surface area contributed by atoms with E-state index in [0.717, 1.165) is 16.7 Å². The highest BCUT2D eigenvalue weighted by Crippen LogP contribution is 2.37. The van der Waals surface area contributed by atoms with Crippen LogP contribution >= 0.6 is 0 Å². The number of rotatable bonds is 8. The van der Waals surface area contributed by atoms with Gasteiger partial charge in [0.15, 0.2) is 0 Å². The van der Waals surface area contributed by atoms with Crippen LogP contribution in [0, 0.1) is 5.92 Å². The second-order valence-electron chi connectivity index (χ2n) is 7.81. The molecule has 0 aromatic heterocycles. The lowest BCUT2D eigenvalue weighted by atomic mass is 9.86. The van der Waals surface area contributed by atoms with Crippen LogP contribution in [-0.4, -0.2) is 11.1 Å². The van der Waals surface area contributed by atoms with Gasteiger partial charge in [0.25, 0.3) is 0 Å². The Morgan fingerprint density at radius 2 is 1.15 bits per heavy atom. The molecule has 0 radical (unpaired) electrons. The first-order chi connectivity index (χ1) is 16.2. The van der Waals surface area contributed by atoms with Crippen molar-refractivity contribution >= 4 is 12.0 Å². The average Bonchev–Trinajstić information content (AvgIpc) is 2.90.